The van der Waals surface area contributed by atoms with Crippen molar-refractivity contribution in [2.75, 3.05) is 6.61 Å². The molecule has 4 atom stereocenters. The number of hydrogen-bond acceptors (Lipinski definition) is 3. The van der Waals surface area contributed by atoms with Crippen molar-refractivity contribution in [1.29, 1.82) is 0 Å². The van der Waals surface area contributed by atoms with E-state index >= 15 is 0 Å². The minimum absolute atomic E-state index is 0.0803. The van der Waals surface area contributed by atoms with E-state index in [1.54, 1.807) is 0 Å². The Balaban J connectivity index is 2.04. The van der Waals surface area contributed by atoms with Gasteiger partial charge in [-0.05, 0) is 6.42 Å². The van der Waals surface area contributed by atoms with Gasteiger partial charge in [-0.1, -0.05) is 6.08 Å². The van der Waals surface area contributed by atoms with Crippen LogP contribution in [0, 0.1) is 5.92 Å². The summed E-state index contributed by atoms with van der Waals surface area (Å²) in [6.07, 6.45) is 2.88. The predicted octanol–water partition coefficient (Wildman–Crippen LogP) is 0.685. The van der Waals surface area contributed by atoms with Gasteiger partial charge in [-0.25, -0.2) is 0 Å². The monoisotopic (exact) mass is 170 g/mol. The van der Waals surface area contributed by atoms with Gasteiger partial charge in [0.2, 0.25) is 0 Å². The highest BCUT2D eigenvalue weighted by molar-refractivity contribution is 4.90. The lowest BCUT2D eigenvalue weighted by Crippen LogP contribution is -2.39. The summed E-state index contributed by atoms with van der Waals surface area (Å²) in [5.41, 5.74) is 0. The van der Waals surface area contributed by atoms with Crippen LogP contribution in [0.3, 0.4) is 0 Å². The van der Waals surface area contributed by atoms with Crippen LogP contribution >= 0.6 is 0 Å². The number of fused-ring (bicyclic) bond motifs is 2. The van der Waals surface area contributed by atoms with E-state index in [0.29, 0.717) is 13.0 Å². The van der Waals surface area contributed by atoms with E-state index in [1.165, 1.54) is 0 Å². The molecule has 0 aromatic carbocycles. The van der Waals surface area contributed by atoms with Gasteiger partial charge in [-0.2, -0.15) is 0 Å². The molecule has 2 bridgehead atoms. The second kappa shape index (κ2) is 3.17. The van der Waals surface area contributed by atoms with Crippen molar-refractivity contribution in [3.63, 3.8) is 0 Å². The summed E-state index contributed by atoms with van der Waals surface area (Å²) in [5, 5.41) is 9.67. The Bertz CT molecular complexity index is 181. The average molecular weight is 170 g/mol. The van der Waals surface area contributed by atoms with Crippen molar-refractivity contribution in [2.24, 2.45) is 5.92 Å². The summed E-state index contributed by atoms with van der Waals surface area (Å²) in [5.74, 6) is 0.182. The van der Waals surface area contributed by atoms with Crippen LogP contribution in [0.15, 0.2) is 12.7 Å². The Kier molecular flexibility index (Phi) is 2.17. The molecule has 2 rings (SSSR count). The first-order valence-corrected chi connectivity index (χ1v) is 4.37. The highest BCUT2D eigenvalue weighted by Gasteiger charge is 2.42. The minimum Gasteiger partial charge on any atom is -0.393 e. The van der Waals surface area contributed by atoms with Crippen LogP contribution in [0.4, 0.5) is 0 Å². The molecule has 68 valence electrons. The predicted molar refractivity (Wildman–Crippen MR) is 43.5 cm³/mol. The van der Waals surface area contributed by atoms with Crippen molar-refractivity contribution in [2.45, 2.75) is 31.3 Å². The smallest absolute Gasteiger partial charge is 0.160 e. The summed E-state index contributed by atoms with van der Waals surface area (Å²) < 4.78 is 10.8. The van der Waals surface area contributed by atoms with Gasteiger partial charge in [-0.3, -0.25) is 0 Å². The molecule has 0 aliphatic carbocycles. The Labute approximate surface area is 72.0 Å². The molecular weight excluding hydrogens is 156 g/mol. The van der Waals surface area contributed by atoms with Gasteiger partial charge in [0.15, 0.2) is 6.29 Å². The molecule has 3 nitrogen and oxygen atoms in total. The van der Waals surface area contributed by atoms with Crippen molar-refractivity contribution in [1.82, 2.24) is 0 Å². The van der Waals surface area contributed by atoms with Gasteiger partial charge < -0.3 is 14.6 Å². The first-order chi connectivity index (χ1) is 5.81. The maximum Gasteiger partial charge on any atom is 0.160 e. The van der Waals surface area contributed by atoms with Gasteiger partial charge in [0.25, 0.3) is 0 Å². The molecule has 0 aromatic heterocycles. The molecule has 2 heterocycles. The van der Waals surface area contributed by atoms with Crippen LogP contribution in [0.5, 0.6) is 0 Å². The van der Waals surface area contributed by atoms with Gasteiger partial charge in [0.05, 0.1) is 18.8 Å². The lowest BCUT2D eigenvalue weighted by atomic mass is 9.89. The topological polar surface area (TPSA) is 38.7 Å². The zero-order chi connectivity index (χ0) is 8.55. The largest absolute Gasteiger partial charge is 0.393 e. The highest BCUT2D eigenvalue weighted by atomic mass is 16.7. The summed E-state index contributed by atoms with van der Waals surface area (Å²) >= 11 is 0. The third-order valence-electron chi connectivity index (χ3n) is 2.62. The molecule has 0 aromatic rings. The van der Waals surface area contributed by atoms with Crippen molar-refractivity contribution in [3.05, 3.63) is 12.7 Å². The molecule has 0 spiro atoms. The molecule has 0 saturated carbocycles. The van der Waals surface area contributed by atoms with Crippen LogP contribution in [0.25, 0.3) is 0 Å². The van der Waals surface area contributed by atoms with Crippen LogP contribution < -0.4 is 0 Å². The number of hydrogen-bond donors (Lipinski definition) is 1. The zero-order valence-electron chi connectivity index (χ0n) is 6.98. The molecule has 4 unspecified atom stereocenters. The molecular formula is C9H14O3. The van der Waals surface area contributed by atoms with Crippen molar-refractivity contribution in [3.8, 4) is 0 Å². The number of aliphatic hydroxyl groups excluding tert-OH is 1. The van der Waals surface area contributed by atoms with E-state index < -0.39 is 0 Å². The van der Waals surface area contributed by atoms with E-state index in [-0.39, 0.29) is 24.4 Å². The molecule has 12 heavy (non-hydrogen) atoms. The molecule has 2 aliphatic heterocycles. The molecule has 2 aliphatic rings. The Morgan fingerprint density at radius 1 is 1.58 bits per heavy atom. The average Bonchev–Trinajstić information content (AvgIpc) is 2.43. The number of rotatable bonds is 2. The second-order valence-electron chi connectivity index (χ2n) is 3.43. The fraction of sp³-hybridized carbons (Fsp3) is 0.778. The lowest BCUT2D eigenvalue weighted by molar-refractivity contribution is -0.141. The number of ether oxygens (including phenoxy) is 2. The van der Waals surface area contributed by atoms with E-state index in [0.717, 1.165) is 6.42 Å². The fourth-order valence-corrected chi connectivity index (χ4v) is 1.94. The van der Waals surface area contributed by atoms with Crippen LogP contribution in [0.1, 0.15) is 12.8 Å². The lowest BCUT2D eigenvalue weighted by Gasteiger charge is -2.31. The number of aliphatic hydroxyl groups is 1. The maximum absolute atomic E-state index is 9.67. The van der Waals surface area contributed by atoms with Gasteiger partial charge in [-0.15, -0.1) is 6.58 Å². The Hall–Kier alpha value is -0.380. The molecule has 0 radical (unpaired) electrons. The molecule has 2 saturated heterocycles. The van der Waals surface area contributed by atoms with Crippen LogP contribution in [-0.4, -0.2) is 30.2 Å². The first kappa shape index (κ1) is 8.23. The fourth-order valence-electron chi connectivity index (χ4n) is 1.94. The molecule has 0 amide bonds. The molecule has 3 heteroatoms. The van der Waals surface area contributed by atoms with E-state index in [1.807, 2.05) is 6.08 Å². The Morgan fingerprint density at radius 2 is 2.42 bits per heavy atom. The van der Waals surface area contributed by atoms with Crippen LogP contribution in [0.2, 0.25) is 0 Å². The van der Waals surface area contributed by atoms with Gasteiger partial charge in [0, 0.05) is 12.3 Å². The van der Waals surface area contributed by atoms with Gasteiger partial charge >= 0.3 is 0 Å². The summed E-state index contributed by atoms with van der Waals surface area (Å²) in [4.78, 5) is 0. The maximum atomic E-state index is 9.67. The van der Waals surface area contributed by atoms with Crippen LogP contribution in [-0.2, 0) is 9.47 Å². The molecule has 1 N–H and O–H groups in total. The summed E-state index contributed by atoms with van der Waals surface area (Å²) in [6, 6.07) is 0. The van der Waals surface area contributed by atoms with E-state index in [2.05, 4.69) is 6.58 Å². The summed E-state index contributed by atoms with van der Waals surface area (Å²) in [7, 11) is 0. The third-order valence-corrected chi connectivity index (χ3v) is 2.62. The normalized spacial score (nSPS) is 46.1. The van der Waals surface area contributed by atoms with E-state index in [4.69, 9.17) is 9.47 Å². The minimum atomic E-state index is -0.283. The van der Waals surface area contributed by atoms with Gasteiger partial charge in [0.1, 0.15) is 0 Å². The van der Waals surface area contributed by atoms with Crippen molar-refractivity contribution >= 4 is 0 Å². The standard InChI is InChI=1S/C9H14O3/c1-2-3-6-7(10)4-9-11-5-8(6)12-9/h2,6-10H,1,3-5H2. The van der Waals surface area contributed by atoms with Crippen molar-refractivity contribution < 1.29 is 14.6 Å². The van der Waals surface area contributed by atoms with E-state index in [9.17, 15) is 5.11 Å². The zero-order valence-corrected chi connectivity index (χ0v) is 6.98. The summed E-state index contributed by atoms with van der Waals surface area (Å²) in [6.45, 7) is 4.29. The highest BCUT2D eigenvalue weighted by Crippen LogP contribution is 2.33. The molecule has 2 fully saturated rings. The quantitative estimate of drug-likeness (QED) is 0.619. The second-order valence-corrected chi connectivity index (χ2v) is 3.43. The SMILES string of the molecule is C=CCC1C(O)CC2OCC1O2. The Morgan fingerprint density at radius 3 is 3.17 bits per heavy atom. The number of allylic oxidation sites excluding steroid dienone is 1. The third kappa shape index (κ3) is 1.28. The first-order valence-electron chi connectivity index (χ1n) is 4.37.